The molecule has 2 aromatic carbocycles. The minimum Gasteiger partial charge on any atom is -0.507 e. The van der Waals surface area contributed by atoms with Gasteiger partial charge in [0.2, 0.25) is 0 Å². The number of quaternary nitrogens is 2. The molecule has 1 fully saturated rings. The van der Waals surface area contributed by atoms with Crippen molar-refractivity contribution in [2.75, 3.05) is 13.1 Å². The van der Waals surface area contributed by atoms with Crippen molar-refractivity contribution < 1.29 is 15.3 Å². The number of hydrogen-bond acceptors (Lipinski definition) is 2. The highest BCUT2D eigenvalue weighted by atomic mass is 16.3. The lowest BCUT2D eigenvalue weighted by Gasteiger charge is -2.44. The Hall–Kier alpha value is -2.30. The van der Waals surface area contributed by atoms with Crippen LogP contribution in [0.4, 0.5) is 0 Å². The molecule has 2 aliphatic heterocycles. The number of benzene rings is 2. The van der Waals surface area contributed by atoms with Gasteiger partial charge in [-0.25, -0.2) is 0 Å². The summed E-state index contributed by atoms with van der Waals surface area (Å²) in [5, 5.41) is 16.8. The second-order valence-electron chi connectivity index (χ2n) is 8.79. The van der Waals surface area contributed by atoms with Gasteiger partial charge in [-0.2, -0.15) is 0 Å². The highest BCUT2D eigenvalue weighted by Crippen LogP contribution is 2.30. The molecule has 0 radical (unpaired) electrons. The number of rotatable bonds is 3. The van der Waals surface area contributed by atoms with Crippen LogP contribution in [0.25, 0.3) is 5.70 Å². The van der Waals surface area contributed by atoms with Gasteiger partial charge in [-0.15, -0.1) is 0 Å². The third-order valence-corrected chi connectivity index (χ3v) is 6.49. The first-order valence-corrected chi connectivity index (χ1v) is 10.5. The van der Waals surface area contributed by atoms with Crippen molar-refractivity contribution in [2.24, 2.45) is 0 Å². The van der Waals surface area contributed by atoms with Crippen molar-refractivity contribution in [3.05, 3.63) is 71.3 Å². The van der Waals surface area contributed by atoms with Crippen molar-refractivity contribution in [1.29, 1.82) is 0 Å². The predicted molar refractivity (Wildman–Crippen MR) is 113 cm³/mol. The average molecular weight is 380 g/mol. The number of phenols is 1. The van der Waals surface area contributed by atoms with E-state index in [1.165, 1.54) is 29.9 Å². The molecule has 2 aromatic rings. The molecule has 0 amide bonds. The van der Waals surface area contributed by atoms with Gasteiger partial charge in [0.1, 0.15) is 11.8 Å². The van der Waals surface area contributed by atoms with Crippen LogP contribution < -0.4 is 15.5 Å². The number of likely N-dealkylation sites (tertiary alicyclic amines) is 1. The average Bonchev–Trinajstić information content (AvgIpc) is 2.69. The zero-order chi connectivity index (χ0) is 19.7. The summed E-state index contributed by atoms with van der Waals surface area (Å²) >= 11 is 0. The number of para-hydroxylation sites is 1. The van der Waals surface area contributed by atoms with Gasteiger partial charge in [-0.1, -0.05) is 42.0 Å². The first-order chi connectivity index (χ1) is 13.5. The predicted octanol–water partition coefficient (Wildman–Crippen LogP) is 1.73. The molecule has 0 bridgehead atoms. The van der Waals surface area contributed by atoms with Crippen LogP contribution in [-0.2, 0) is 0 Å². The standard InChI is InChI=1S/C24H31N3O/c1-17(2)27-14-12-24(13-15-27)25-21(19-10-8-18(3)9-11-19)16-22(26-24)20-6-4-5-7-23(20)28/h4-11,16-17,22,25-26,28H,12-15H2,1-3H3/p+2. The van der Waals surface area contributed by atoms with E-state index >= 15 is 0 Å². The van der Waals surface area contributed by atoms with E-state index in [-0.39, 0.29) is 11.7 Å². The first kappa shape index (κ1) is 19.0. The molecular formula is C24H33N3O+2. The lowest BCUT2D eigenvalue weighted by Crippen LogP contribution is -3.19. The summed E-state index contributed by atoms with van der Waals surface area (Å²) in [4.78, 5) is 1.69. The van der Waals surface area contributed by atoms with Crippen LogP contribution in [0.1, 0.15) is 49.4 Å². The van der Waals surface area contributed by atoms with Gasteiger partial charge < -0.3 is 20.6 Å². The molecule has 2 heterocycles. The molecule has 0 aromatic heterocycles. The quantitative estimate of drug-likeness (QED) is 0.657. The largest absolute Gasteiger partial charge is 0.507 e. The Morgan fingerprint density at radius 1 is 1.07 bits per heavy atom. The third kappa shape index (κ3) is 3.80. The summed E-state index contributed by atoms with van der Waals surface area (Å²) < 4.78 is 0. The van der Waals surface area contributed by atoms with Crippen molar-refractivity contribution >= 4 is 5.70 Å². The molecule has 4 rings (SSSR count). The van der Waals surface area contributed by atoms with Crippen LogP contribution >= 0.6 is 0 Å². The van der Waals surface area contributed by atoms with Crippen LogP contribution in [0.15, 0.2) is 54.6 Å². The molecule has 5 N–H and O–H groups in total. The third-order valence-electron chi connectivity index (χ3n) is 6.49. The normalized spacial score (nSPS) is 27.5. The van der Waals surface area contributed by atoms with Gasteiger partial charge in [0.05, 0.1) is 37.5 Å². The molecule has 0 aliphatic carbocycles. The number of piperidine rings is 1. The summed E-state index contributed by atoms with van der Waals surface area (Å²) in [7, 11) is 0. The van der Waals surface area contributed by atoms with Crippen LogP contribution in [0.2, 0.25) is 0 Å². The Morgan fingerprint density at radius 3 is 2.39 bits per heavy atom. The fourth-order valence-electron chi connectivity index (χ4n) is 4.66. The monoisotopic (exact) mass is 379 g/mol. The zero-order valence-electron chi connectivity index (χ0n) is 17.2. The number of aryl methyl sites for hydroxylation is 1. The van der Waals surface area contributed by atoms with E-state index in [4.69, 9.17) is 0 Å². The molecule has 4 heteroatoms. The van der Waals surface area contributed by atoms with Gasteiger partial charge in [-0.3, -0.25) is 0 Å². The van der Waals surface area contributed by atoms with E-state index in [0.29, 0.717) is 11.8 Å². The smallest absolute Gasteiger partial charge is 0.180 e. The summed E-state index contributed by atoms with van der Waals surface area (Å²) in [5.74, 6) is 0.380. The Kier molecular flexibility index (Phi) is 5.17. The van der Waals surface area contributed by atoms with Crippen molar-refractivity contribution in [3.8, 4) is 5.75 Å². The SMILES string of the molecule is Cc1ccc(C2=CC(c3ccccc3O)[NH2+]C3(CC[NH+](C(C)C)CC3)N2)cc1. The van der Waals surface area contributed by atoms with Crippen molar-refractivity contribution in [2.45, 2.75) is 51.4 Å². The molecule has 28 heavy (non-hydrogen) atoms. The number of nitrogens with one attached hydrogen (secondary N) is 2. The minimum atomic E-state index is -0.0136. The zero-order valence-corrected chi connectivity index (χ0v) is 17.2. The molecule has 2 aliphatic rings. The van der Waals surface area contributed by atoms with Crippen LogP contribution in [0.5, 0.6) is 5.75 Å². The highest BCUT2D eigenvalue weighted by Gasteiger charge is 2.45. The number of hydrogen-bond donors (Lipinski definition) is 4. The summed E-state index contributed by atoms with van der Waals surface area (Å²) in [6.07, 6.45) is 4.51. The van der Waals surface area contributed by atoms with Crippen LogP contribution in [-0.4, -0.2) is 29.9 Å². The van der Waals surface area contributed by atoms with Gasteiger partial charge in [-0.05, 0) is 38.5 Å². The molecule has 1 unspecified atom stereocenters. The van der Waals surface area contributed by atoms with Crippen LogP contribution in [0.3, 0.4) is 0 Å². The van der Waals surface area contributed by atoms with Gasteiger partial charge in [0.15, 0.2) is 5.66 Å². The fourth-order valence-corrected chi connectivity index (χ4v) is 4.66. The van der Waals surface area contributed by atoms with E-state index in [9.17, 15) is 5.11 Å². The Morgan fingerprint density at radius 2 is 1.75 bits per heavy atom. The second-order valence-corrected chi connectivity index (χ2v) is 8.79. The van der Waals surface area contributed by atoms with Crippen LogP contribution in [0, 0.1) is 6.92 Å². The van der Waals surface area contributed by atoms with E-state index in [1.54, 1.807) is 11.0 Å². The van der Waals surface area contributed by atoms with Crippen molar-refractivity contribution in [1.82, 2.24) is 5.32 Å². The number of aromatic hydroxyl groups is 1. The Balaban J connectivity index is 1.69. The summed E-state index contributed by atoms with van der Waals surface area (Å²) in [6, 6.07) is 17.3. The lowest BCUT2D eigenvalue weighted by atomic mass is 9.88. The first-order valence-electron chi connectivity index (χ1n) is 10.5. The van der Waals surface area contributed by atoms with Gasteiger partial charge >= 0.3 is 0 Å². The maximum Gasteiger partial charge on any atom is 0.180 e. The minimum absolute atomic E-state index is 0.0136. The second kappa shape index (κ2) is 7.61. The Bertz CT molecular complexity index is 848. The summed E-state index contributed by atoms with van der Waals surface area (Å²) in [6.45, 7) is 9.10. The molecule has 0 saturated carbocycles. The topological polar surface area (TPSA) is 53.3 Å². The van der Waals surface area contributed by atoms with E-state index in [0.717, 1.165) is 18.4 Å². The van der Waals surface area contributed by atoms with Gasteiger partial charge in [0, 0.05) is 11.8 Å². The van der Waals surface area contributed by atoms with Gasteiger partial charge in [0.25, 0.3) is 0 Å². The molecular weight excluding hydrogens is 346 g/mol. The maximum absolute atomic E-state index is 10.5. The highest BCUT2D eigenvalue weighted by molar-refractivity contribution is 5.66. The molecule has 4 nitrogen and oxygen atoms in total. The number of phenolic OH excluding ortho intramolecular Hbond substituents is 1. The van der Waals surface area contributed by atoms with E-state index in [1.807, 2.05) is 18.2 Å². The lowest BCUT2D eigenvalue weighted by molar-refractivity contribution is -0.938. The van der Waals surface area contributed by atoms with E-state index < -0.39 is 0 Å². The maximum atomic E-state index is 10.5. The van der Waals surface area contributed by atoms with E-state index in [2.05, 4.69) is 61.7 Å². The fraction of sp³-hybridized carbons (Fsp3) is 0.417. The molecule has 148 valence electrons. The number of nitrogens with two attached hydrogens (primary N) is 1. The molecule has 1 saturated heterocycles. The molecule has 1 spiro atoms. The molecule has 1 atom stereocenters. The van der Waals surface area contributed by atoms with Crippen molar-refractivity contribution in [3.63, 3.8) is 0 Å². The summed E-state index contributed by atoms with van der Waals surface area (Å²) in [5.41, 5.74) is 4.65. The Labute approximate surface area is 168 Å².